The maximum atomic E-state index is 13.1. The van der Waals surface area contributed by atoms with Crippen LogP contribution in [0.15, 0.2) is 36.4 Å². The number of fused-ring (bicyclic) bond motifs is 1. The number of carbonyl (C=O) groups excluding carboxylic acids is 2. The molecule has 1 aromatic rings. The summed E-state index contributed by atoms with van der Waals surface area (Å²) in [6.45, 7) is 1.52. The zero-order valence-electron chi connectivity index (χ0n) is 14.5. The number of nitrogens with one attached hydrogen (secondary N) is 1. The van der Waals surface area contributed by atoms with Gasteiger partial charge in [-0.1, -0.05) is 23.8 Å². The fourth-order valence-corrected chi connectivity index (χ4v) is 4.31. The number of methoxy groups -OCH3 is 1. The molecule has 3 heterocycles. The number of halogens is 1. The summed E-state index contributed by atoms with van der Waals surface area (Å²) in [6, 6.07) is 7.13. The van der Waals surface area contributed by atoms with Crippen LogP contribution >= 0.6 is 11.6 Å². The number of ether oxygens (including phenoxy) is 2. The van der Waals surface area contributed by atoms with Gasteiger partial charge in [-0.2, -0.15) is 0 Å². The summed E-state index contributed by atoms with van der Waals surface area (Å²) >= 11 is 5.95. The van der Waals surface area contributed by atoms with E-state index in [4.69, 9.17) is 21.1 Å². The summed E-state index contributed by atoms with van der Waals surface area (Å²) < 4.78 is 11.1. The molecule has 1 aromatic carbocycles. The Morgan fingerprint density at radius 1 is 1.42 bits per heavy atom. The molecule has 3 aliphatic heterocycles. The van der Waals surface area contributed by atoms with Crippen LogP contribution in [0, 0.1) is 11.8 Å². The molecular formula is C19H21ClN2O4. The minimum Gasteiger partial charge on any atom is -0.385 e. The van der Waals surface area contributed by atoms with E-state index < -0.39 is 17.4 Å². The van der Waals surface area contributed by atoms with Gasteiger partial charge in [0, 0.05) is 31.0 Å². The Morgan fingerprint density at radius 3 is 2.92 bits per heavy atom. The highest BCUT2D eigenvalue weighted by molar-refractivity contribution is 6.30. The van der Waals surface area contributed by atoms with Gasteiger partial charge in [0.25, 0.3) is 0 Å². The molecule has 2 fully saturated rings. The van der Waals surface area contributed by atoms with Gasteiger partial charge in [0.2, 0.25) is 11.8 Å². The van der Waals surface area contributed by atoms with Crippen molar-refractivity contribution >= 4 is 29.1 Å². The highest BCUT2D eigenvalue weighted by Gasteiger charge is 2.66. The molecule has 26 heavy (non-hydrogen) atoms. The molecule has 2 amide bonds. The normalized spacial score (nSPS) is 31.5. The SMILES string of the molecule is COCCCNC(=O)[C@@H]1[C@H]2C=C[C@]3(CN(c4ccc(Cl)cc4)C(=O)[C@@H]13)O2. The predicted octanol–water partition coefficient (Wildman–Crippen LogP) is 1.78. The van der Waals surface area contributed by atoms with Crippen LogP contribution in [0.1, 0.15) is 6.42 Å². The lowest BCUT2D eigenvalue weighted by Crippen LogP contribution is -2.44. The molecule has 6 nitrogen and oxygen atoms in total. The molecule has 138 valence electrons. The van der Waals surface area contributed by atoms with E-state index in [0.29, 0.717) is 24.7 Å². The van der Waals surface area contributed by atoms with Crippen molar-refractivity contribution in [3.63, 3.8) is 0 Å². The quantitative estimate of drug-likeness (QED) is 0.607. The molecule has 2 saturated heterocycles. The summed E-state index contributed by atoms with van der Waals surface area (Å²) in [7, 11) is 1.63. The molecule has 0 aliphatic carbocycles. The predicted molar refractivity (Wildman–Crippen MR) is 97.0 cm³/mol. The minimum atomic E-state index is -0.712. The smallest absolute Gasteiger partial charge is 0.234 e. The molecule has 4 atom stereocenters. The van der Waals surface area contributed by atoms with Crippen molar-refractivity contribution in [2.24, 2.45) is 11.8 Å². The van der Waals surface area contributed by atoms with Crippen molar-refractivity contribution in [3.8, 4) is 0 Å². The van der Waals surface area contributed by atoms with Gasteiger partial charge in [-0.15, -0.1) is 0 Å². The molecule has 1 N–H and O–H groups in total. The number of carbonyl (C=O) groups is 2. The van der Waals surface area contributed by atoms with E-state index in [1.807, 2.05) is 24.3 Å². The van der Waals surface area contributed by atoms with Crippen molar-refractivity contribution < 1.29 is 19.1 Å². The third kappa shape index (κ3) is 2.73. The Kier molecular flexibility index (Phi) is 4.50. The third-order valence-electron chi connectivity index (χ3n) is 5.37. The van der Waals surface area contributed by atoms with Crippen LogP contribution in [-0.2, 0) is 19.1 Å². The van der Waals surface area contributed by atoms with Crippen molar-refractivity contribution in [3.05, 3.63) is 41.4 Å². The molecular weight excluding hydrogens is 356 g/mol. The molecule has 1 spiro atoms. The van der Waals surface area contributed by atoms with Crippen LogP contribution < -0.4 is 10.2 Å². The van der Waals surface area contributed by atoms with Crippen LogP contribution in [0.4, 0.5) is 5.69 Å². The highest BCUT2D eigenvalue weighted by atomic mass is 35.5. The van der Waals surface area contributed by atoms with Gasteiger partial charge in [0.05, 0.1) is 24.5 Å². The molecule has 0 unspecified atom stereocenters. The van der Waals surface area contributed by atoms with Crippen molar-refractivity contribution in [2.75, 3.05) is 31.7 Å². The minimum absolute atomic E-state index is 0.0730. The second-order valence-electron chi connectivity index (χ2n) is 6.94. The number of benzene rings is 1. The third-order valence-corrected chi connectivity index (χ3v) is 5.62. The zero-order valence-corrected chi connectivity index (χ0v) is 15.2. The Labute approximate surface area is 157 Å². The average Bonchev–Trinajstić information content (AvgIpc) is 3.28. The van der Waals surface area contributed by atoms with Gasteiger partial charge in [0.1, 0.15) is 5.60 Å². The van der Waals surface area contributed by atoms with Gasteiger partial charge in [0.15, 0.2) is 0 Å². The molecule has 2 bridgehead atoms. The van der Waals surface area contributed by atoms with Gasteiger partial charge in [-0.05, 0) is 30.7 Å². The monoisotopic (exact) mass is 376 g/mol. The fourth-order valence-electron chi connectivity index (χ4n) is 4.18. The van der Waals surface area contributed by atoms with Gasteiger partial charge >= 0.3 is 0 Å². The van der Waals surface area contributed by atoms with E-state index >= 15 is 0 Å². The van der Waals surface area contributed by atoms with E-state index in [9.17, 15) is 9.59 Å². The highest BCUT2D eigenvalue weighted by Crippen LogP contribution is 2.52. The Morgan fingerprint density at radius 2 is 2.19 bits per heavy atom. The van der Waals surface area contributed by atoms with Gasteiger partial charge < -0.3 is 19.7 Å². The van der Waals surface area contributed by atoms with E-state index in [-0.39, 0.29) is 17.9 Å². The average molecular weight is 377 g/mol. The lowest BCUT2D eigenvalue weighted by molar-refractivity contribution is -0.131. The molecule has 0 aromatic heterocycles. The Bertz CT molecular complexity index is 750. The van der Waals surface area contributed by atoms with Crippen LogP contribution in [0.25, 0.3) is 0 Å². The zero-order chi connectivity index (χ0) is 18.3. The summed E-state index contributed by atoms with van der Waals surface area (Å²) in [5.74, 6) is -1.19. The molecule has 4 rings (SSSR count). The van der Waals surface area contributed by atoms with Crippen molar-refractivity contribution in [1.29, 1.82) is 0 Å². The van der Waals surface area contributed by atoms with E-state index in [2.05, 4.69) is 5.32 Å². The largest absolute Gasteiger partial charge is 0.385 e. The first-order valence-corrected chi connectivity index (χ1v) is 9.14. The van der Waals surface area contributed by atoms with Crippen molar-refractivity contribution in [2.45, 2.75) is 18.1 Å². The fraction of sp³-hybridized carbons (Fsp3) is 0.474. The van der Waals surface area contributed by atoms with E-state index in [1.165, 1.54) is 0 Å². The second-order valence-corrected chi connectivity index (χ2v) is 7.37. The maximum absolute atomic E-state index is 13.1. The number of hydrogen-bond acceptors (Lipinski definition) is 4. The molecule has 7 heteroatoms. The van der Waals surface area contributed by atoms with Crippen LogP contribution in [-0.4, -0.2) is 50.3 Å². The molecule has 0 saturated carbocycles. The standard InChI is InChI=1S/C19H21ClN2O4/c1-25-10-2-9-21-17(23)15-14-7-8-19(26-14)11-22(18(24)16(15)19)13-5-3-12(20)4-6-13/h3-8,14-16H,2,9-11H2,1H3,(H,21,23)/t14-,15-,16-,19-/m1/s1. The lowest BCUT2D eigenvalue weighted by Gasteiger charge is -2.23. The number of rotatable bonds is 6. The second kappa shape index (κ2) is 6.68. The number of nitrogens with zero attached hydrogens (tertiary/aromatic N) is 1. The first kappa shape index (κ1) is 17.5. The number of hydrogen-bond donors (Lipinski definition) is 1. The topological polar surface area (TPSA) is 67.9 Å². The lowest BCUT2D eigenvalue weighted by atomic mass is 9.77. The Balaban J connectivity index is 1.53. The van der Waals surface area contributed by atoms with Gasteiger partial charge in [-0.25, -0.2) is 0 Å². The summed E-state index contributed by atoms with van der Waals surface area (Å²) in [4.78, 5) is 27.5. The Hall–Kier alpha value is -1.89. The molecule has 3 aliphatic rings. The van der Waals surface area contributed by atoms with Crippen LogP contribution in [0.5, 0.6) is 0 Å². The van der Waals surface area contributed by atoms with Crippen molar-refractivity contribution in [1.82, 2.24) is 5.32 Å². The first-order chi connectivity index (χ1) is 12.6. The number of anilines is 1. The maximum Gasteiger partial charge on any atom is 0.234 e. The van der Waals surface area contributed by atoms with Gasteiger partial charge in [-0.3, -0.25) is 9.59 Å². The first-order valence-electron chi connectivity index (χ1n) is 8.76. The summed E-state index contributed by atoms with van der Waals surface area (Å²) in [5, 5.41) is 3.53. The number of amides is 2. The van der Waals surface area contributed by atoms with E-state index in [0.717, 1.165) is 12.1 Å². The van der Waals surface area contributed by atoms with Crippen LogP contribution in [0.3, 0.4) is 0 Å². The summed E-state index contributed by atoms with van der Waals surface area (Å²) in [5.41, 5.74) is 0.0542. The van der Waals surface area contributed by atoms with Crippen LogP contribution in [0.2, 0.25) is 5.02 Å². The molecule has 0 radical (unpaired) electrons. The van der Waals surface area contributed by atoms with E-state index in [1.54, 1.807) is 24.1 Å². The summed E-state index contributed by atoms with van der Waals surface area (Å²) in [6.07, 6.45) is 4.26.